The number of hydrogen-bond donors (Lipinski definition) is 2. The second kappa shape index (κ2) is 9.31. The van der Waals surface area contributed by atoms with E-state index in [1.807, 2.05) is 12.1 Å². The van der Waals surface area contributed by atoms with Crippen LogP contribution in [0, 0.1) is 5.92 Å². The highest BCUT2D eigenvalue weighted by Gasteiger charge is 2.18. The lowest BCUT2D eigenvalue weighted by Crippen LogP contribution is -2.18. The third kappa shape index (κ3) is 5.09. The molecule has 7 heteroatoms. The number of anilines is 2. The van der Waals surface area contributed by atoms with Gasteiger partial charge in [-0.3, -0.25) is 9.59 Å². The first-order valence-corrected chi connectivity index (χ1v) is 11.1. The van der Waals surface area contributed by atoms with E-state index >= 15 is 0 Å². The minimum absolute atomic E-state index is 0.0306. The van der Waals surface area contributed by atoms with Gasteiger partial charge in [-0.1, -0.05) is 19.3 Å². The molecule has 1 aromatic heterocycles. The summed E-state index contributed by atoms with van der Waals surface area (Å²) in [4.78, 5) is 29.9. The number of aromatic nitrogens is 1. The summed E-state index contributed by atoms with van der Waals surface area (Å²) in [6.07, 6.45) is 8.33. The second-order valence-electron chi connectivity index (χ2n) is 7.48. The van der Waals surface area contributed by atoms with Crippen molar-refractivity contribution in [1.82, 2.24) is 4.98 Å². The third-order valence-electron chi connectivity index (χ3n) is 5.30. The van der Waals surface area contributed by atoms with Crippen LogP contribution in [0.1, 0.15) is 48.9 Å². The van der Waals surface area contributed by atoms with E-state index in [0.717, 1.165) is 10.6 Å². The molecule has 1 aliphatic heterocycles. The van der Waals surface area contributed by atoms with Gasteiger partial charge >= 0.3 is 0 Å². The fraction of sp³-hybridized carbons (Fsp3) is 0.409. The van der Waals surface area contributed by atoms with Crippen molar-refractivity contribution in [2.24, 2.45) is 5.92 Å². The van der Waals surface area contributed by atoms with E-state index in [-0.39, 0.29) is 11.8 Å². The van der Waals surface area contributed by atoms with Crippen molar-refractivity contribution in [2.45, 2.75) is 43.4 Å². The lowest BCUT2D eigenvalue weighted by atomic mass is 9.90. The van der Waals surface area contributed by atoms with Crippen LogP contribution < -0.4 is 15.4 Å². The SMILES string of the molecule is O=C1CCSc2ccc(C(=O)Nc3ncccc3OCC3CCCCC3)cc2N1. The van der Waals surface area contributed by atoms with Crippen LogP contribution in [0.5, 0.6) is 5.75 Å². The van der Waals surface area contributed by atoms with Crippen molar-refractivity contribution in [3.8, 4) is 5.75 Å². The first kappa shape index (κ1) is 19.8. The van der Waals surface area contributed by atoms with Crippen LogP contribution in [-0.4, -0.2) is 29.2 Å². The highest BCUT2D eigenvalue weighted by molar-refractivity contribution is 7.99. The maximum Gasteiger partial charge on any atom is 0.256 e. The molecule has 0 saturated heterocycles. The average molecular weight is 412 g/mol. The van der Waals surface area contributed by atoms with E-state index in [0.29, 0.717) is 41.8 Å². The quantitative estimate of drug-likeness (QED) is 0.744. The predicted octanol–water partition coefficient (Wildman–Crippen LogP) is 4.73. The Bertz CT molecular complexity index is 897. The van der Waals surface area contributed by atoms with Crippen LogP contribution in [0.2, 0.25) is 0 Å². The highest BCUT2D eigenvalue weighted by atomic mass is 32.2. The molecule has 1 fully saturated rings. The lowest BCUT2D eigenvalue weighted by molar-refractivity contribution is -0.115. The van der Waals surface area contributed by atoms with Crippen molar-refractivity contribution >= 4 is 35.1 Å². The zero-order valence-electron chi connectivity index (χ0n) is 16.3. The Morgan fingerprint density at radius 3 is 2.97 bits per heavy atom. The van der Waals surface area contributed by atoms with Crippen LogP contribution in [0.25, 0.3) is 0 Å². The van der Waals surface area contributed by atoms with Crippen molar-refractivity contribution in [2.75, 3.05) is 23.0 Å². The van der Waals surface area contributed by atoms with Gasteiger partial charge < -0.3 is 15.4 Å². The molecule has 29 heavy (non-hydrogen) atoms. The molecule has 2 heterocycles. The first-order chi connectivity index (χ1) is 14.2. The Balaban J connectivity index is 1.45. The number of nitrogens with one attached hydrogen (secondary N) is 2. The molecule has 152 valence electrons. The molecule has 6 nitrogen and oxygen atoms in total. The van der Waals surface area contributed by atoms with Gasteiger partial charge in [0, 0.05) is 28.8 Å². The number of pyridine rings is 1. The number of thioether (sulfide) groups is 1. The van der Waals surface area contributed by atoms with E-state index < -0.39 is 0 Å². The third-order valence-corrected chi connectivity index (χ3v) is 6.38. The number of ether oxygens (including phenoxy) is 1. The fourth-order valence-electron chi connectivity index (χ4n) is 3.70. The molecule has 2 amide bonds. The minimum Gasteiger partial charge on any atom is -0.489 e. The number of fused-ring (bicyclic) bond motifs is 1. The van der Waals surface area contributed by atoms with Gasteiger partial charge in [0.25, 0.3) is 5.91 Å². The zero-order chi connectivity index (χ0) is 20.1. The largest absolute Gasteiger partial charge is 0.489 e. The van der Waals surface area contributed by atoms with Gasteiger partial charge in [0.05, 0.1) is 12.3 Å². The minimum atomic E-state index is -0.280. The zero-order valence-corrected chi connectivity index (χ0v) is 17.1. The molecule has 0 radical (unpaired) electrons. The standard InChI is InChI=1S/C22H25N3O3S/c26-20-10-12-29-19-9-8-16(13-17(19)24-20)22(27)25-21-18(7-4-11-23-21)28-14-15-5-2-1-3-6-15/h4,7-9,11,13,15H,1-3,5-6,10,12,14H2,(H,24,26)(H,23,25,27). The second-order valence-corrected chi connectivity index (χ2v) is 8.61. The van der Waals surface area contributed by atoms with Gasteiger partial charge in [-0.25, -0.2) is 4.98 Å². The fourth-order valence-corrected chi connectivity index (χ4v) is 4.64. The van der Waals surface area contributed by atoms with Crippen molar-refractivity contribution in [1.29, 1.82) is 0 Å². The molecular weight excluding hydrogens is 386 g/mol. The molecule has 1 aliphatic carbocycles. The van der Waals surface area contributed by atoms with Crippen molar-refractivity contribution in [3.05, 3.63) is 42.1 Å². The number of carbonyl (C=O) groups is 2. The summed E-state index contributed by atoms with van der Waals surface area (Å²) in [6, 6.07) is 9.00. The maximum absolute atomic E-state index is 12.8. The van der Waals surface area contributed by atoms with Gasteiger partial charge in [0.2, 0.25) is 5.91 Å². The number of rotatable bonds is 5. The molecule has 1 saturated carbocycles. The highest BCUT2D eigenvalue weighted by Crippen LogP contribution is 2.32. The van der Waals surface area contributed by atoms with Crippen LogP contribution in [-0.2, 0) is 4.79 Å². The van der Waals surface area contributed by atoms with E-state index in [1.165, 1.54) is 32.1 Å². The smallest absolute Gasteiger partial charge is 0.256 e. The summed E-state index contributed by atoms with van der Waals surface area (Å²) < 4.78 is 6.00. The molecule has 2 aromatic rings. The Kier molecular flexibility index (Phi) is 6.34. The Hall–Kier alpha value is -2.54. The Morgan fingerprint density at radius 2 is 2.10 bits per heavy atom. The first-order valence-electron chi connectivity index (χ1n) is 10.1. The lowest BCUT2D eigenvalue weighted by Gasteiger charge is -2.22. The van der Waals surface area contributed by atoms with Crippen molar-refractivity contribution < 1.29 is 14.3 Å². The van der Waals surface area contributed by atoms with Crippen LogP contribution in [0.3, 0.4) is 0 Å². The van der Waals surface area contributed by atoms with E-state index in [1.54, 1.807) is 36.2 Å². The molecular formula is C22H25N3O3S. The van der Waals surface area contributed by atoms with Gasteiger partial charge in [-0.15, -0.1) is 11.8 Å². The topological polar surface area (TPSA) is 80.3 Å². The van der Waals surface area contributed by atoms with E-state index in [9.17, 15) is 9.59 Å². The molecule has 2 N–H and O–H groups in total. The summed E-state index contributed by atoms with van der Waals surface area (Å²) in [5.74, 6) is 2.00. The van der Waals surface area contributed by atoms with Gasteiger partial charge in [-0.05, 0) is 49.1 Å². The summed E-state index contributed by atoms with van der Waals surface area (Å²) in [5.41, 5.74) is 1.15. The number of hydrogen-bond acceptors (Lipinski definition) is 5. The number of carbonyl (C=O) groups excluding carboxylic acids is 2. The van der Waals surface area contributed by atoms with Crippen molar-refractivity contribution in [3.63, 3.8) is 0 Å². The number of nitrogens with zero attached hydrogens (tertiary/aromatic N) is 1. The molecule has 1 aromatic carbocycles. The van der Waals surface area contributed by atoms with E-state index in [4.69, 9.17) is 4.74 Å². The number of amides is 2. The monoisotopic (exact) mass is 411 g/mol. The van der Waals surface area contributed by atoms with Gasteiger partial charge in [0.1, 0.15) is 0 Å². The summed E-state index contributed by atoms with van der Waals surface area (Å²) in [7, 11) is 0. The molecule has 0 unspecified atom stereocenters. The molecule has 2 aliphatic rings. The number of benzene rings is 1. The Labute approximate surface area is 174 Å². The van der Waals surface area contributed by atoms with Gasteiger partial charge in [0.15, 0.2) is 11.6 Å². The Morgan fingerprint density at radius 1 is 1.24 bits per heavy atom. The summed E-state index contributed by atoms with van der Waals surface area (Å²) in [5, 5.41) is 5.72. The average Bonchev–Trinajstić information content (AvgIpc) is 2.93. The van der Waals surface area contributed by atoms with E-state index in [2.05, 4.69) is 15.6 Å². The maximum atomic E-state index is 12.8. The van der Waals surface area contributed by atoms with Crippen LogP contribution >= 0.6 is 11.8 Å². The van der Waals surface area contributed by atoms with Crippen LogP contribution in [0.4, 0.5) is 11.5 Å². The van der Waals surface area contributed by atoms with Crippen LogP contribution in [0.15, 0.2) is 41.4 Å². The molecule has 0 spiro atoms. The summed E-state index contributed by atoms with van der Waals surface area (Å²) >= 11 is 1.61. The normalized spacial score (nSPS) is 17.0. The van der Waals surface area contributed by atoms with Gasteiger partial charge in [-0.2, -0.15) is 0 Å². The molecule has 0 atom stereocenters. The molecule has 0 bridgehead atoms. The predicted molar refractivity (Wildman–Crippen MR) is 115 cm³/mol. The molecule has 4 rings (SSSR count). The summed E-state index contributed by atoms with van der Waals surface area (Å²) in [6.45, 7) is 0.649.